The van der Waals surface area contributed by atoms with Gasteiger partial charge in [0.2, 0.25) is 0 Å². The molecule has 1 aromatic heterocycles. The van der Waals surface area contributed by atoms with E-state index in [4.69, 9.17) is 18.2 Å². The van der Waals surface area contributed by atoms with Gasteiger partial charge in [-0.2, -0.15) is 0 Å². The maximum Gasteiger partial charge on any atom is 0.187 e. The third-order valence-corrected chi connectivity index (χ3v) is 3.47. The van der Waals surface area contributed by atoms with Crippen molar-refractivity contribution in [1.82, 2.24) is 4.98 Å². The summed E-state index contributed by atoms with van der Waals surface area (Å²) in [7, 11) is 0. The minimum absolute atomic E-state index is 0.437. The molecule has 78 valence electrons. The van der Waals surface area contributed by atoms with Crippen molar-refractivity contribution in [2.45, 2.75) is 0 Å². The number of hydrogen-bond acceptors (Lipinski definition) is 1. The number of rotatable bonds is 1. The Bertz CT molecular complexity index is 558. The van der Waals surface area contributed by atoms with Gasteiger partial charge in [0.1, 0.15) is 5.15 Å². The fourth-order valence-electron chi connectivity index (χ4n) is 1.36. The van der Waals surface area contributed by atoms with Crippen LogP contribution in [0.15, 0.2) is 41.0 Å². The molecule has 0 unspecified atom stereocenters. The number of benzene rings is 1. The predicted molar refractivity (Wildman–Crippen MR) is 68.6 cm³/mol. The quantitative estimate of drug-likeness (QED) is 0.549. The fourth-order valence-corrected chi connectivity index (χ4v) is 1.98. The van der Waals surface area contributed by atoms with Crippen molar-refractivity contribution >= 4 is 33.2 Å². The zero-order valence-electron chi connectivity index (χ0n) is 8.11. The summed E-state index contributed by atoms with van der Waals surface area (Å²) in [5.41, 5.74) is 2.60. The minimum Gasteiger partial charge on any atom is -0.243 e. The van der Waals surface area contributed by atoms with Crippen LogP contribution < -0.4 is 0 Å². The van der Waals surface area contributed by atoms with Crippen LogP contribution in [-0.2, 0) is 0 Å². The molecule has 2 nitrogen and oxygen atoms in total. The first kappa shape index (κ1) is 11.1. The van der Waals surface area contributed by atoms with E-state index in [1.807, 2.05) is 18.2 Å². The van der Waals surface area contributed by atoms with Crippen molar-refractivity contribution in [3.05, 3.63) is 57.6 Å². The molecule has 0 saturated carbocycles. The summed E-state index contributed by atoms with van der Waals surface area (Å²) in [6.45, 7) is 6.88. The Kier molecular flexibility index (Phi) is 3.23. The van der Waals surface area contributed by atoms with Gasteiger partial charge < -0.3 is 0 Å². The molecule has 0 atom stereocenters. The Labute approximate surface area is 107 Å². The number of nitrogens with zero attached hydrogens (tertiary/aromatic N) is 2. The Morgan fingerprint density at radius 3 is 2.50 bits per heavy atom. The van der Waals surface area contributed by atoms with Gasteiger partial charge in [0, 0.05) is 11.8 Å². The van der Waals surface area contributed by atoms with Gasteiger partial charge in [-0.15, -0.1) is 0 Å². The second kappa shape index (κ2) is 4.65. The summed E-state index contributed by atoms with van der Waals surface area (Å²) >= 11 is 9.31. The molecule has 0 N–H and O–H groups in total. The van der Waals surface area contributed by atoms with Crippen LogP contribution in [0.5, 0.6) is 0 Å². The molecule has 1 aromatic carbocycles. The van der Waals surface area contributed by atoms with Crippen molar-refractivity contribution in [2.24, 2.45) is 0 Å². The lowest BCUT2D eigenvalue weighted by atomic mass is 10.1. The maximum atomic E-state index is 6.88. The van der Waals surface area contributed by atoms with Crippen LogP contribution in [0.2, 0.25) is 5.15 Å². The molecule has 0 bridgehead atoms. The highest BCUT2D eigenvalue weighted by molar-refractivity contribution is 9.10. The van der Waals surface area contributed by atoms with E-state index in [0.717, 1.165) is 15.6 Å². The first-order valence-electron chi connectivity index (χ1n) is 4.50. The van der Waals surface area contributed by atoms with Crippen LogP contribution in [0.3, 0.4) is 0 Å². The summed E-state index contributed by atoms with van der Waals surface area (Å²) in [4.78, 5) is 7.31. The molecule has 2 rings (SSSR count). The van der Waals surface area contributed by atoms with E-state index in [1.165, 1.54) is 0 Å². The molecular weight excluding hydrogens is 288 g/mol. The third-order valence-electron chi connectivity index (χ3n) is 2.15. The second-order valence-electron chi connectivity index (χ2n) is 3.12. The van der Waals surface area contributed by atoms with Gasteiger partial charge in [-0.3, -0.25) is 0 Å². The van der Waals surface area contributed by atoms with Crippen molar-refractivity contribution in [3.8, 4) is 11.1 Å². The average Bonchev–Trinajstić information content (AvgIpc) is 2.33. The molecule has 0 aliphatic heterocycles. The molecule has 0 spiro atoms. The number of halogens is 2. The largest absolute Gasteiger partial charge is 0.243 e. The Morgan fingerprint density at radius 2 is 1.88 bits per heavy atom. The van der Waals surface area contributed by atoms with E-state index in [0.29, 0.717) is 10.8 Å². The lowest BCUT2D eigenvalue weighted by molar-refractivity contribution is 1.31. The topological polar surface area (TPSA) is 17.2 Å². The van der Waals surface area contributed by atoms with E-state index in [9.17, 15) is 0 Å². The lowest BCUT2D eigenvalue weighted by Gasteiger charge is -2.05. The van der Waals surface area contributed by atoms with Gasteiger partial charge in [0.15, 0.2) is 5.69 Å². The number of pyridine rings is 1. The van der Waals surface area contributed by atoms with E-state index < -0.39 is 0 Å². The first-order valence-corrected chi connectivity index (χ1v) is 5.67. The van der Waals surface area contributed by atoms with E-state index in [1.54, 1.807) is 18.3 Å². The van der Waals surface area contributed by atoms with Crippen molar-refractivity contribution in [1.29, 1.82) is 0 Å². The van der Waals surface area contributed by atoms with Gasteiger partial charge in [0.25, 0.3) is 0 Å². The van der Waals surface area contributed by atoms with Crippen molar-refractivity contribution in [2.75, 3.05) is 0 Å². The molecule has 0 radical (unpaired) electrons. The summed E-state index contributed by atoms with van der Waals surface area (Å²) in [6.07, 6.45) is 1.66. The molecule has 0 saturated heterocycles. The van der Waals surface area contributed by atoms with Crippen LogP contribution in [0.4, 0.5) is 5.69 Å². The first-order chi connectivity index (χ1) is 7.72. The van der Waals surface area contributed by atoms with Crippen molar-refractivity contribution < 1.29 is 0 Å². The summed E-state index contributed by atoms with van der Waals surface area (Å²) in [5.74, 6) is 0. The van der Waals surface area contributed by atoms with E-state index >= 15 is 0 Å². The normalized spacial score (nSPS) is 9.81. The Morgan fingerprint density at radius 1 is 1.19 bits per heavy atom. The van der Waals surface area contributed by atoms with Crippen LogP contribution in [-0.4, -0.2) is 4.98 Å². The Balaban J connectivity index is 2.51. The predicted octanol–water partition coefficient (Wildman–Crippen LogP) is 4.72. The standard InChI is InChI=1S/C12H6BrClN2/c1-15-9-4-2-8(3-5-9)10-6-7-16-12(14)11(10)13/h2-7H. The highest BCUT2D eigenvalue weighted by Crippen LogP contribution is 2.32. The molecule has 0 fully saturated rings. The SMILES string of the molecule is [C-]#[N+]c1ccc(-c2ccnc(Cl)c2Br)cc1. The molecule has 0 aliphatic carbocycles. The zero-order chi connectivity index (χ0) is 11.5. The summed E-state index contributed by atoms with van der Waals surface area (Å²) in [5, 5.41) is 0.437. The van der Waals surface area contributed by atoms with Crippen LogP contribution >= 0.6 is 27.5 Å². The highest BCUT2D eigenvalue weighted by atomic mass is 79.9. The average molecular weight is 294 g/mol. The monoisotopic (exact) mass is 292 g/mol. The van der Waals surface area contributed by atoms with Gasteiger partial charge in [-0.1, -0.05) is 35.9 Å². The van der Waals surface area contributed by atoms with Crippen LogP contribution in [0.1, 0.15) is 0 Å². The Hall–Kier alpha value is -1.37. The maximum absolute atomic E-state index is 6.88. The smallest absolute Gasteiger partial charge is 0.187 e. The zero-order valence-corrected chi connectivity index (χ0v) is 10.5. The third kappa shape index (κ3) is 2.08. The lowest BCUT2D eigenvalue weighted by Crippen LogP contribution is -1.83. The van der Waals surface area contributed by atoms with E-state index in [-0.39, 0.29) is 0 Å². The fraction of sp³-hybridized carbons (Fsp3) is 0. The number of hydrogen-bond donors (Lipinski definition) is 0. The van der Waals surface area contributed by atoms with Gasteiger partial charge in [0.05, 0.1) is 11.0 Å². The van der Waals surface area contributed by atoms with Crippen molar-refractivity contribution in [3.63, 3.8) is 0 Å². The number of aromatic nitrogens is 1. The van der Waals surface area contributed by atoms with Gasteiger partial charge in [-0.05, 0) is 27.6 Å². The van der Waals surface area contributed by atoms with Crippen LogP contribution in [0.25, 0.3) is 16.0 Å². The second-order valence-corrected chi connectivity index (χ2v) is 4.27. The molecular formula is C12H6BrClN2. The van der Waals surface area contributed by atoms with E-state index in [2.05, 4.69) is 25.8 Å². The highest BCUT2D eigenvalue weighted by Gasteiger charge is 2.06. The van der Waals surface area contributed by atoms with Gasteiger partial charge >= 0.3 is 0 Å². The molecule has 0 aliphatic rings. The summed E-state index contributed by atoms with van der Waals surface area (Å²) < 4.78 is 0.771. The molecule has 2 aromatic rings. The molecule has 16 heavy (non-hydrogen) atoms. The molecule has 1 heterocycles. The minimum atomic E-state index is 0.437. The van der Waals surface area contributed by atoms with Crippen LogP contribution in [0, 0.1) is 6.57 Å². The van der Waals surface area contributed by atoms with Gasteiger partial charge in [-0.25, -0.2) is 9.83 Å². The molecule has 4 heteroatoms. The molecule has 0 amide bonds. The summed E-state index contributed by atoms with van der Waals surface area (Å²) in [6, 6.07) is 9.22.